The summed E-state index contributed by atoms with van der Waals surface area (Å²) in [4.78, 5) is 28.5. The average Bonchev–Trinajstić information content (AvgIpc) is 3.29. The maximum absolute atomic E-state index is 14.1. The molecule has 4 nitrogen and oxygen atoms in total. The Kier molecular flexibility index (Phi) is 7.81. The second-order valence-electron chi connectivity index (χ2n) is 10.9. The number of thiophene rings is 1. The number of carbonyl (C=O) groups excluding carboxylic acids is 1. The molecule has 0 radical (unpaired) electrons. The van der Waals surface area contributed by atoms with Crippen molar-refractivity contribution in [3.8, 4) is 11.8 Å². The van der Waals surface area contributed by atoms with Gasteiger partial charge in [0.05, 0.1) is 16.0 Å². The van der Waals surface area contributed by atoms with Gasteiger partial charge in [0.1, 0.15) is 0 Å². The van der Waals surface area contributed by atoms with Gasteiger partial charge in [-0.2, -0.15) is 11.3 Å². The Morgan fingerprint density at radius 2 is 2.06 bits per heavy atom. The fourth-order valence-corrected chi connectivity index (χ4v) is 7.75. The largest absolute Gasteiger partial charge is 0.481 e. The van der Waals surface area contributed by atoms with Crippen LogP contribution in [0.5, 0.6) is 0 Å². The van der Waals surface area contributed by atoms with E-state index in [0.29, 0.717) is 48.0 Å². The van der Waals surface area contributed by atoms with E-state index >= 15 is 0 Å². The number of unbranched alkanes of at least 4 members (excludes halogenated alkanes) is 1. The highest BCUT2D eigenvalue weighted by molar-refractivity contribution is 7.08. The highest BCUT2D eigenvalue weighted by Gasteiger charge is 2.57. The van der Waals surface area contributed by atoms with Crippen LogP contribution in [-0.4, -0.2) is 35.0 Å². The van der Waals surface area contributed by atoms with Crippen LogP contribution in [0.4, 0.5) is 0 Å². The van der Waals surface area contributed by atoms with Gasteiger partial charge in [-0.3, -0.25) is 9.59 Å². The molecule has 3 atom stereocenters. The van der Waals surface area contributed by atoms with E-state index < -0.39 is 16.8 Å². The molecule has 2 aliphatic rings. The number of nitrogens with zero attached hydrogens (tertiary/aromatic N) is 1. The van der Waals surface area contributed by atoms with E-state index in [2.05, 4.69) is 18.8 Å². The summed E-state index contributed by atoms with van der Waals surface area (Å²) in [7, 11) is 0. The molecule has 1 aliphatic carbocycles. The molecule has 1 aromatic carbocycles. The summed E-state index contributed by atoms with van der Waals surface area (Å²) in [5.41, 5.74) is 1.57. The van der Waals surface area contributed by atoms with Gasteiger partial charge in [0, 0.05) is 41.4 Å². The Labute approximate surface area is 228 Å². The van der Waals surface area contributed by atoms with Crippen molar-refractivity contribution in [3.63, 3.8) is 0 Å². The first kappa shape index (κ1) is 27.0. The van der Waals surface area contributed by atoms with Gasteiger partial charge < -0.3 is 10.0 Å². The number of benzene rings is 1. The number of halogens is 2. The standard InChI is InChI=1S/C29H33Cl2NO3S/c1-18(2)23-21(30)15-20-24(25(23)31)26(33)32(13-7-5-6-9-19-10-14-36-17-19)16-22-28(20,3)11-8-12-29(22,4)27(34)35/h10,14-15,17-18,22H,5,7-8,11-13,16H2,1-4H3,(H,34,35)/t22-,28-,29-/m1/s1. The van der Waals surface area contributed by atoms with Crippen molar-refractivity contribution in [2.75, 3.05) is 13.1 Å². The molecule has 1 saturated carbocycles. The number of carboxylic acids is 1. The fourth-order valence-electron chi connectivity index (χ4n) is 6.19. The van der Waals surface area contributed by atoms with Crippen LogP contribution in [0.1, 0.15) is 92.8 Å². The quantitative estimate of drug-likeness (QED) is 0.310. The molecular formula is C29H33Cl2NO3S. The third-order valence-electron chi connectivity index (χ3n) is 8.25. The minimum atomic E-state index is -0.957. The molecule has 36 heavy (non-hydrogen) atoms. The van der Waals surface area contributed by atoms with E-state index in [1.807, 2.05) is 48.6 Å². The van der Waals surface area contributed by atoms with E-state index in [0.717, 1.165) is 29.5 Å². The summed E-state index contributed by atoms with van der Waals surface area (Å²) < 4.78 is 0. The number of hydrogen-bond acceptors (Lipinski definition) is 3. The molecule has 1 amide bonds. The number of rotatable bonds is 5. The average molecular weight is 547 g/mol. The molecular weight excluding hydrogens is 513 g/mol. The van der Waals surface area contributed by atoms with Crippen molar-refractivity contribution >= 4 is 46.4 Å². The number of aliphatic carboxylic acids is 1. The molecule has 2 aromatic rings. The lowest BCUT2D eigenvalue weighted by atomic mass is 9.53. The van der Waals surface area contributed by atoms with Crippen LogP contribution < -0.4 is 0 Å². The van der Waals surface area contributed by atoms with Crippen LogP contribution in [0.3, 0.4) is 0 Å². The Hall–Kier alpha value is -2.00. The Morgan fingerprint density at radius 3 is 2.69 bits per heavy atom. The van der Waals surface area contributed by atoms with Gasteiger partial charge in [0.15, 0.2) is 0 Å². The molecule has 2 heterocycles. The van der Waals surface area contributed by atoms with Crippen LogP contribution in [-0.2, 0) is 10.2 Å². The lowest BCUT2D eigenvalue weighted by Crippen LogP contribution is -2.53. The first-order chi connectivity index (χ1) is 17.0. The highest BCUT2D eigenvalue weighted by Crippen LogP contribution is 2.56. The van der Waals surface area contributed by atoms with Gasteiger partial charge in [-0.1, -0.05) is 62.2 Å². The maximum Gasteiger partial charge on any atom is 0.309 e. The van der Waals surface area contributed by atoms with Crippen molar-refractivity contribution in [3.05, 3.63) is 55.2 Å². The highest BCUT2D eigenvalue weighted by atomic mass is 35.5. The predicted octanol–water partition coefficient (Wildman–Crippen LogP) is 7.61. The lowest BCUT2D eigenvalue weighted by molar-refractivity contribution is -0.157. The van der Waals surface area contributed by atoms with Crippen LogP contribution >= 0.6 is 34.5 Å². The van der Waals surface area contributed by atoms with Crippen LogP contribution in [0, 0.1) is 23.2 Å². The van der Waals surface area contributed by atoms with Crippen molar-refractivity contribution in [2.45, 2.75) is 71.1 Å². The molecule has 1 N–H and O–H groups in total. The van der Waals surface area contributed by atoms with E-state index in [9.17, 15) is 14.7 Å². The van der Waals surface area contributed by atoms with Gasteiger partial charge in [-0.25, -0.2) is 0 Å². The predicted molar refractivity (Wildman–Crippen MR) is 147 cm³/mol. The Bertz CT molecular complexity index is 1230. The van der Waals surface area contributed by atoms with Gasteiger partial charge in [0.2, 0.25) is 0 Å². The van der Waals surface area contributed by atoms with E-state index in [4.69, 9.17) is 23.2 Å². The van der Waals surface area contributed by atoms with Crippen molar-refractivity contribution in [1.82, 2.24) is 4.90 Å². The van der Waals surface area contributed by atoms with Crippen molar-refractivity contribution in [2.24, 2.45) is 11.3 Å². The number of carbonyl (C=O) groups is 2. The van der Waals surface area contributed by atoms with E-state index in [-0.39, 0.29) is 17.7 Å². The second-order valence-corrected chi connectivity index (χ2v) is 12.4. The van der Waals surface area contributed by atoms with Gasteiger partial charge in [0.25, 0.3) is 5.91 Å². The number of carboxylic acid groups (broad SMARTS) is 1. The van der Waals surface area contributed by atoms with Crippen LogP contribution in [0.15, 0.2) is 22.9 Å². The van der Waals surface area contributed by atoms with Crippen molar-refractivity contribution in [1.29, 1.82) is 0 Å². The summed E-state index contributed by atoms with van der Waals surface area (Å²) in [6.45, 7) is 8.82. The molecule has 0 spiro atoms. The van der Waals surface area contributed by atoms with Gasteiger partial charge in [-0.05, 0) is 66.2 Å². The zero-order valence-corrected chi connectivity index (χ0v) is 23.6. The summed E-state index contributed by atoms with van der Waals surface area (Å²) in [5.74, 6) is 5.19. The molecule has 0 saturated heterocycles. The lowest BCUT2D eigenvalue weighted by Gasteiger charge is -2.50. The molecule has 0 unspecified atom stereocenters. The molecule has 192 valence electrons. The summed E-state index contributed by atoms with van der Waals surface area (Å²) in [6, 6.07) is 3.88. The third-order valence-corrected chi connectivity index (χ3v) is 9.64. The van der Waals surface area contributed by atoms with E-state index in [1.54, 1.807) is 11.3 Å². The Balaban J connectivity index is 1.77. The maximum atomic E-state index is 14.1. The topological polar surface area (TPSA) is 57.6 Å². The summed E-state index contributed by atoms with van der Waals surface area (Å²) in [5, 5.41) is 15.3. The van der Waals surface area contributed by atoms with Gasteiger partial charge in [-0.15, -0.1) is 0 Å². The minimum absolute atomic E-state index is 0.0476. The molecule has 7 heteroatoms. The molecule has 4 rings (SSSR count). The molecule has 1 aliphatic heterocycles. The monoisotopic (exact) mass is 545 g/mol. The number of hydrogen-bond donors (Lipinski definition) is 1. The fraction of sp³-hybridized carbons (Fsp3) is 0.517. The van der Waals surface area contributed by atoms with Crippen LogP contribution in [0.2, 0.25) is 10.0 Å². The Morgan fingerprint density at radius 1 is 1.31 bits per heavy atom. The second kappa shape index (κ2) is 10.4. The van der Waals surface area contributed by atoms with E-state index in [1.165, 1.54) is 0 Å². The van der Waals surface area contributed by atoms with Crippen LogP contribution in [0.25, 0.3) is 0 Å². The number of fused-ring (bicyclic) bond motifs is 3. The van der Waals surface area contributed by atoms with Gasteiger partial charge >= 0.3 is 5.97 Å². The summed E-state index contributed by atoms with van der Waals surface area (Å²) >= 11 is 15.3. The molecule has 1 fully saturated rings. The molecule has 0 bridgehead atoms. The first-order valence-electron chi connectivity index (χ1n) is 12.6. The first-order valence-corrected chi connectivity index (χ1v) is 14.3. The van der Waals surface area contributed by atoms with Crippen molar-refractivity contribution < 1.29 is 14.7 Å². The number of amides is 1. The zero-order chi connectivity index (χ0) is 26.3. The smallest absolute Gasteiger partial charge is 0.309 e. The third kappa shape index (κ3) is 4.69. The summed E-state index contributed by atoms with van der Waals surface area (Å²) in [6.07, 6.45) is 3.48. The zero-order valence-electron chi connectivity index (χ0n) is 21.3. The normalized spacial score (nSPS) is 25.6. The SMILES string of the molecule is CC(C)c1c(Cl)cc2c(c1Cl)C(=O)N(CCCC#Cc1ccsc1)C[C@H]1[C@](C)(C(=O)O)CCC[C@]21C. The minimum Gasteiger partial charge on any atom is -0.481 e. The molecule has 1 aromatic heterocycles.